The van der Waals surface area contributed by atoms with Gasteiger partial charge in [-0.25, -0.2) is 9.59 Å². The van der Waals surface area contributed by atoms with Crippen LogP contribution in [-0.2, 0) is 0 Å². The molecule has 0 heterocycles. The first-order valence-corrected chi connectivity index (χ1v) is 12.9. The number of hydrogen-bond acceptors (Lipinski definition) is 6. The van der Waals surface area contributed by atoms with Crippen LogP contribution in [-0.4, -0.2) is 25.2 Å². The summed E-state index contributed by atoms with van der Waals surface area (Å²) in [5.74, 6) is 1.58. The molecule has 0 aliphatic heterocycles. The molecule has 0 spiro atoms. The van der Waals surface area contributed by atoms with Crippen LogP contribution in [0.1, 0.15) is 61.3 Å². The number of halogens is 1. The third-order valence-electron chi connectivity index (χ3n) is 5.96. The van der Waals surface area contributed by atoms with Crippen LogP contribution in [0, 0.1) is 11.8 Å². The van der Waals surface area contributed by atoms with E-state index in [1.165, 1.54) is 18.2 Å². The Balaban J connectivity index is 1.55. The maximum atomic E-state index is 12.5. The second-order valence-corrected chi connectivity index (χ2v) is 9.48. The van der Waals surface area contributed by atoms with E-state index in [1.54, 1.807) is 48.5 Å². The van der Waals surface area contributed by atoms with Gasteiger partial charge in [0.25, 0.3) is 0 Å². The maximum Gasteiger partial charge on any atom is 0.343 e. The van der Waals surface area contributed by atoms with Crippen molar-refractivity contribution in [1.82, 2.24) is 0 Å². The Bertz CT molecular complexity index is 1170. The zero-order valence-corrected chi connectivity index (χ0v) is 22.4. The Labute approximate surface area is 223 Å². The summed E-state index contributed by atoms with van der Waals surface area (Å²) in [5.41, 5.74) is 0.734. The van der Waals surface area contributed by atoms with Crippen molar-refractivity contribution in [3.63, 3.8) is 0 Å². The lowest BCUT2D eigenvalue weighted by atomic mass is 10.1. The van der Waals surface area contributed by atoms with E-state index < -0.39 is 11.9 Å². The van der Waals surface area contributed by atoms with Crippen molar-refractivity contribution in [2.24, 2.45) is 11.8 Å². The van der Waals surface area contributed by atoms with E-state index in [1.807, 2.05) is 0 Å². The van der Waals surface area contributed by atoms with E-state index in [0.717, 1.165) is 12.8 Å². The zero-order chi connectivity index (χ0) is 26.8. The first kappa shape index (κ1) is 28.1. The van der Waals surface area contributed by atoms with Gasteiger partial charge in [-0.1, -0.05) is 52.1 Å². The highest BCUT2D eigenvalue weighted by atomic mass is 35.5. The summed E-state index contributed by atoms with van der Waals surface area (Å²) in [6, 6.07) is 17.9. The molecule has 0 aromatic heterocycles. The summed E-state index contributed by atoms with van der Waals surface area (Å²) in [6.45, 7) is 9.69. The molecule has 0 N–H and O–H groups in total. The molecule has 0 fully saturated rings. The second kappa shape index (κ2) is 13.7. The summed E-state index contributed by atoms with van der Waals surface area (Å²) in [6.07, 6.45) is 2.07. The van der Waals surface area contributed by atoms with Gasteiger partial charge in [0.2, 0.25) is 0 Å². The van der Waals surface area contributed by atoms with Crippen LogP contribution in [0.25, 0.3) is 0 Å². The van der Waals surface area contributed by atoms with E-state index in [-0.39, 0.29) is 16.5 Å². The summed E-state index contributed by atoms with van der Waals surface area (Å²) in [7, 11) is 0. The highest BCUT2D eigenvalue weighted by Crippen LogP contribution is 2.30. The largest absolute Gasteiger partial charge is 0.493 e. The predicted molar refractivity (Wildman–Crippen MR) is 144 cm³/mol. The van der Waals surface area contributed by atoms with Gasteiger partial charge in [-0.3, -0.25) is 0 Å². The normalized spacial score (nSPS) is 12.4. The van der Waals surface area contributed by atoms with E-state index >= 15 is 0 Å². The lowest BCUT2D eigenvalue weighted by Crippen LogP contribution is -2.11. The first-order chi connectivity index (χ1) is 17.8. The minimum absolute atomic E-state index is 0.140. The number of rotatable bonds is 12. The number of benzene rings is 3. The van der Waals surface area contributed by atoms with Gasteiger partial charge >= 0.3 is 11.9 Å². The molecule has 37 heavy (non-hydrogen) atoms. The fraction of sp³-hybridized carbons (Fsp3) is 0.333. The standard InChI is InChI=1S/C30H33ClO6/c1-5-20(3)18-34-24-11-7-22(8-12-24)29(32)36-26-15-16-28(27(31)17-26)37-30(33)23-9-13-25(14-10-23)35-19-21(4)6-2/h7-17,20-21H,5-6,18-19H2,1-4H3. The molecule has 0 aliphatic carbocycles. The van der Waals surface area contributed by atoms with Gasteiger partial charge in [0, 0.05) is 6.07 Å². The Kier molecular flexibility index (Phi) is 10.4. The fourth-order valence-electron chi connectivity index (χ4n) is 3.04. The van der Waals surface area contributed by atoms with Crippen LogP contribution in [0.2, 0.25) is 5.02 Å². The molecular weight excluding hydrogens is 492 g/mol. The topological polar surface area (TPSA) is 71.1 Å². The molecule has 0 aliphatic rings. The number of esters is 2. The summed E-state index contributed by atoms with van der Waals surface area (Å²) in [5, 5.41) is 0.140. The van der Waals surface area contributed by atoms with Gasteiger partial charge in [-0.05, 0) is 72.5 Å². The van der Waals surface area contributed by atoms with Crippen molar-refractivity contribution < 1.29 is 28.5 Å². The van der Waals surface area contributed by atoms with Crippen LogP contribution in [0.5, 0.6) is 23.0 Å². The van der Waals surface area contributed by atoms with Gasteiger partial charge in [0.15, 0.2) is 0 Å². The quantitative estimate of drug-likeness (QED) is 0.179. The van der Waals surface area contributed by atoms with Crippen molar-refractivity contribution >= 4 is 23.5 Å². The third-order valence-corrected chi connectivity index (χ3v) is 6.25. The van der Waals surface area contributed by atoms with E-state index in [4.69, 9.17) is 30.5 Å². The highest BCUT2D eigenvalue weighted by Gasteiger charge is 2.15. The molecule has 196 valence electrons. The van der Waals surface area contributed by atoms with Gasteiger partial charge in [0.05, 0.1) is 29.4 Å². The monoisotopic (exact) mass is 524 g/mol. The summed E-state index contributed by atoms with van der Waals surface area (Å²) < 4.78 is 22.3. The van der Waals surface area contributed by atoms with Gasteiger partial charge in [0.1, 0.15) is 23.0 Å². The molecular formula is C30H33ClO6. The molecule has 0 saturated heterocycles. The lowest BCUT2D eigenvalue weighted by Gasteiger charge is -2.12. The van der Waals surface area contributed by atoms with E-state index in [2.05, 4.69) is 27.7 Å². The van der Waals surface area contributed by atoms with Crippen LogP contribution in [0.3, 0.4) is 0 Å². The molecule has 2 atom stereocenters. The van der Waals surface area contributed by atoms with Gasteiger partial charge in [-0.15, -0.1) is 0 Å². The maximum absolute atomic E-state index is 12.5. The molecule has 0 saturated carbocycles. The van der Waals surface area contributed by atoms with Crippen molar-refractivity contribution in [3.05, 3.63) is 82.9 Å². The number of carbonyl (C=O) groups is 2. The highest BCUT2D eigenvalue weighted by molar-refractivity contribution is 6.32. The molecule has 3 aromatic carbocycles. The van der Waals surface area contributed by atoms with E-state index in [9.17, 15) is 9.59 Å². The molecule has 0 bridgehead atoms. The first-order valence-electron chi connectivity index (χ1n) is 12.5. The Morgan fingerprint density at radius 3 is 1.54 bits per heavy atom. The molecule has 7 heteroatoms. The molecule has 0 radical (unpaired) electrons. The number of hydrogen-bond donors (Lipinski definition) is 0. The third kappa shape index (κ3) is 8.53. The van der Waals surface area contributed by atoms with Crippen LogP contribution in [0.15, 0.2) is 66.7 Å². The van der Waals surface area contributed by atoms with E-state index in [0.29, 0.717) is 47.7 Å². The second-order valence-electron chi connectivity index (χ2n) is 9.07. The fourth-order valence-corrected chi connectivity index (χ4v) is 3.25. The van der Waals surface area contributed by atoms with Crippen molar-refractivity contribution in [2.45, 2.75) is 40.5 Å². The average Bonchev–Trinajstić information content (AvgIpc) is 2.92. The minimum Gasteiger partial charge on any atom is -0.493 e. The van der Waals surface area contributed by atoms with Crippen molar-refractivity contribution in [3.8, 4) is 23.0 Å². The van der Waals surface area contributed by atoms with Crippen LogP contribution >= 0.6 is 11.6 Å². The molecule has 3 rings (SSSR count). The lowest BCUT2D eigenvalue weighted by molar-refractivity contribution is 0.0719. The number of ether oxygens (including phenoxy) is 4. The molecule has 6 nitrogen and oxygen atoms in total. The SMILES string of the molecule is CCC(C)COc1ccc(C(=O)Oc2ccc(OC(=O)c3ccc(OCC(C)CC)cc3)c(Cl)c2)cc1. The predicted octanol–water partition coefficient (Wildman–Crippen LogP) is 7.63. The molecule has 0 amide bonds. The molecule has 2 unspecified atom stereocenters. The van der Waals surface area contributed by atoms with Crippen LogP contribution in [0.4, 0.5) is 0 Å². The Hall–Kier alpha value is -3.51. The van der Waals surface area contributed by atoms with Gasteiger partial charge < -0.3 is 18.9 Å². The Morgan fingerprint density at radius 1 is 0.676 bits per heavy atom. The average molecular weight is 525 g/mol. The smallest absolute Gasteiger partial charge is 0.343 e. The summed E-state index contributed by atoms with van der Waals surface area (Å²) in [4.78, 5) is 25.1. The van der Waals surface area contributed by atoms with Gasteiger partial charge in [-0.2, -0.15) is 0 Å². The zero-order valence-electron chi connectivity index (χ0n) is 21.7. The van der Waals surface area contributed by atoms with Crippen LogP contribution < -0.4 is 18.9 Å². The number of carbonyl (C=O) groups excluding carboxylic acids is 2. The minimum atomic E-state index is -0.559. The van der Waals surface area contributed by atoms with Crippen molar-refractivity contribution in [2.75, 3.05) is 13.2 Å². The molecule has 3 aromatic rings. The Morgan fingerprint density at radius 2 is 1.11 bits per heavy atom. The summed E-state index contributed by atoms with van der Waals surface area (Å²) >= 11 is 6.29. The van der Waals surface area contributed by atoms with Crippen molar-refractivity contribution in [1.29, 1.82) is 0 Å².